The summed E-state index contributed by atoms with van der Waals surface area (Å²) in [5.74, 6) is 0. The van der Waals surface area contributed by atoms with Crippen molar-refractivity contribution in [1.29, 1.82) is 0 Å². The van der Waals surface area contributed by atoms with Gasteiger partial charge in [-0.25, -0.2) is 12.7 Å². The molecule has 100 valence electrons. The maximum absolute atomic E-state index is 12.1. The molecule has 0 aliphatic carbocycles. The van der Waals surface area contributed by atoms with Gasteiger partial charge in [0.15, 0.2) is 4.90 Å². The maximum Gasteiger partial charge on any atom is 0.289 e. The van der Waals surface area contributed by atoms with E-state index in [9.17, 15) is 22.9 Å². The summed E-state index contributed by atoms with van der Waals surface area (Å²) in [7, 11) is -2.70. The van der Waals surface area contributed by atoms with E-state index in [1.54, 1.807) is 0 Å². The molecule has 0 fully saturated rings. The number of rotatable bonds is 6. The second-order valence-electron chi connectivity index (χ2n) is 3.59. The Balaban J connectivity index is 3.16. The van der Waals surface area contributed by atoms with Crippen LogP contribution in [0.25, 0.3) is 0 Å². The van der Waals surface area contributed by atoms with E-state index in [0.717, 1.165) is 10.4 Å². The lowest BCUT2D eigenvalue weighted by Crippen LogP contribution is -2.28. The van der Waals surface area contributed by atoms with E-state index in [2.05, 4.69) is 0 Å². The Bertz CT molecular complexity index is 532. The topological polar surface area (TPSA) is 80.5 Å². The first-order valence-corrected chi connectivity index (χ1v) is 6.61. The third-order valence-electron chi connectivity index (χ3n) is 2.36. The first-order valence-electron chi connectivity index (χ1n) is 5.17. The number of halogens is 1. The number of nitro benzene ring substituents is 1. The minimum Gasteiger partial charge on any atom is -0.258 e. The van der Waals surface area contributed by atoms with Gasteiger partial charge in [0, 0.05) is 19.7 Å². The average molecular weight is 276 g/mol. The van der Waals surface area contributed by atoms with Crippen LogP contribution in [0.5, 0.6) is 0 Å². The van der Waals surface area contributed by atoms with Gasteiger partial charge in [-0.1, -0.05) is 12.1 Å². The number of nitro groups is 1. The van der Waals surface area contributed by atoms with Crippen molar-refractivity contribution in [3.05, 3.63) is 34.4 Å². The smallest absolute Gasteiger partial charge is 0.258 e. The first kappa shape index (κ1) is 14.5. The van der Waals surface area contributed by atoms with Crippen LogP contribution in [0.3, 0.4) is 0 Å². The summed E-state index contributed by atoms with van der Waals surface area (Å²) >= 11 is 0. The van der Waals surface area contributed by atoms with Crippen molar-refractivity contribution in [2.75, 3.05) is 20.3 Å². The highest BCUT2D eigenvalue weighted by Crippen LogP contribution is 2.25. The lowest BCUT2D eigenvalue weighted by Gasteiger charge is -2.16. The minimum atomic E-state index is -3.96. The minimum absolute atomic E-state index is 0.0229. The van der Waals surface area contributed by atoms with Crippen LogP contribution >= 0.6 is 0 Å². The molecule has 0 atom stereocenters. The largest absolute Gasteiger partial charge is 0.289 e. The molecule has 0 N–H and O–H groups in total. The fourth-order valence-corrected chi connectivity index (χ4v) is 2.76. The number of hydrogen-bond acceptors (Lipinski definition) is 4. The Kier molecular flexibility index (Phi) is 4.74. The lowest BCUT2D eigenvalue weighted by molar-refractivity contribution is -0.387. The second-order valence-corrected chi connectivity index (χ2v) is 5.61. The quantitative estimate of drug-likeness (QED) is 0.583. The third kappa shape index (κ3) is 3.02. The molecule has 1 aromatic carbocycles. The number of para-hydroxylation sites is 1. The zero-order valence-corrected chi connectivity index (χ0v) is 10.6. The molecule has 18 heavy (non-hydrogen) atoms. The van der Waals surface area contributed by atoms with E-state index < -0.39 is 27.3 Å². The monoisotopic (exact) mass is 276 g/mol. The van der Waals surface area contributed by atoms with Crippen molar-refractivity contribution in [2.24, 2.45) is 0 Å². The molecule has 0 aromatic heterocycles. The molecule has 1 aromatic rings. The molecule has 6 nitrogen and oxygen atoms in total. The zero-order chi connectivity index (χ0) is 13.8. The van der Waals surface area contributed by atoms with Gasteiger partial charge in [-0.15, -0.1) is 0 Å². The molecule has 0 saturated carbocycles. The van der Waals surface area contributed by atoms with Gasteiger partial charge in [0.05, 0.1) is 11.6 Å². The van der Waals surface area contributed by atoms with Crippen LogP contribution in [0.4, 0.5) is 10.1 Å². The molecule has 0 aliphatic heterocycles. The van der Waals surface area contributed by atoms with Crippen LogP contribution in [-0.4, -0.2) is 37.9 Å². The summed E-state index contributed by atoms with van der Waals surface area (Å²) in [5, 5.41) is 10.8. The Labute approximate surface area is 104 Å². The van der Waals surface area contributed by atoms with Crippen LogP contribution in [0.15, 0.2) is 29.2 Å². The van der Waals surface area contributed by atoms with Gasteiger partial charge in [0.1, 0.15) is 0 Å². The zero-order valence-electron chi connectivity index (χ0n) is 9.74. The van der Waals surface area contributed by atoms with Gasteiger partial charge in [0.25, 0.3) is 5.69 Å². The van der Waals surface area contributed by atoms with E-state index in [0.29, 0.717) is 0 Å². The summed E-state index contributed by atoms with van der Waals surface area (Å²) in [6.45, 7) is -0.665. The van der Waals surface area contributed by atoms with E-state index in [1.807, 2.05) is 0 Å². The van der Waals surface area contributed by atoms with E-state index in [-0.39, 0.29) is 17.9 Å². The Morgan fingerprint density at radius 2 is 2.00 bits per heavy atom. The molecule has 0 amide bonds. The predicted molar refractivity (Wildman–Crippen MR) is 63.5 cm³/mol. The first-order chi connectivity index (χ1) is 8.41. The second kappa shape index (κ2) is 5.87. The molecule has 8 heteroatoms. The molecule has 0 aliphatic rings. The lowest BCUT2D eigenvalue weighted by atomic mass is 10.3. The molecule has 0 bridgehead atoms. The molecule has 1 rings (SSSR count). The molecule has 0 heterocycles. The Morgan fingerprint density at radius 1 is 1.39 bits per heavy atom. The summed E-state index contributed by atoms with van der Waals surface area (Å²) in [4.78, 5) is 9.64. The average Bonchev–Trinajstić information content (AvgIpc) is 2.35. The predicted octanol–water partition coefficient (Wildman–Crippen LogP) is 1.57. The number of benzene rings is 1. The molecule has 0 radical (unpaired) electrons. The van der Waals surface area contributed by atoms with Crippen LogP contribution in [0.1, 0.15) is 6.42 Å². The summed E-state index contributed by atoms with van der Waals surface area (Å²) in [5.41, 5.74) is -0.482. The number of nitrogens with zero attached hydrogens (tertiary/aromatic N) is 2. The normalized spacial score (nSPS) is 11.7. The van der Waals surface area contributed by atoms with Gasteiger partial charge in [-0.05, 0) is 12.5 Å². The van der Waals surface area contributed by atoms with Crippen molar-refractivity contribution in [1.82, 2.24) is 4.31 Å². The molecule has 0 saturated heterocycles. The van der Waals surface area contributed by atoms with Gasteiger partial charge in [-0.3, -0.25) is 14.5 Å². The van der Waals surface area contributed by atoms with Gasteiger partial charge >= 0.3 is 0 Å². The van der Waals surface area contributed by atoms with Crippen LogP contribution in [-0.2, 0) is 10.0 Å². The van der Waals surface area contributed by atoms with Crippen LogP contribution in [0.2, 0.25) is 0 Å². The van der Waals surface area contributed by atoms with Crippen LogP contribution in [0, 0.1) is 10.1 Å². The summed E-state index contributed by atoms with van der Waals surface area (Å²) < 4.78 is 37.1. The molecular formula is C10H13FN2O4S. The van der Waals surface area contributed by atoms with Gasteiger partial charge < -0.3 is 0 Å². The highest BCUT2D eigenvalue weighted by molar-refractivity contribution is 7.89. The molecule has 0 spiro atoms. The highest BCUT2D eigenvalue weighted by Gasteiger charge is 2.28. The molecule has 0 unspecified atom stereocenters. The fraction of sp³-hybridized carbons (Fsp3) is 0.400. The maximum atomic E-state index is 12.1. The third-order valence-corrected chi connectivity index (χ3v) is 4.26. The van der Waals surface area contributed by atoms with Gasteiger partial charge in [-0.2, -0.15) is 0 Å². The highest BCUT2D eigenvalue weighted by atomic mass is 32.2. The number of hydrogen-bond donors (Lipinski definition) is 0. The van der Waals surface area contributed by atoms with E-state index in [4.69, 9.17) is 0 Å². The summed E-state index contributed by atoms with van der Waals surface area (Å²) in [6, 6.07) is 5.08. The van der Waals surface area contributed by atoms with E-state index >= 15 is 0 Å². The van der Waals surface area contributed by atoms with Crippen molar-refractivity contribution >= 4 is 15.7 Å². The number of sulfonamides is 1. The molecular weight excluding hydrogens is 263 g/mol. The van der Waals surface area contributed by atoms with Crippen molar-refractivity contribution in [3.63, 3.8) is 0 Å². The SMILES string of the molecule is CN(CCCF)S(=O)(=O)c1ccccc1[N+](=O)[O-]. The van der Waals surface area contributed by atoms with Crippen molar-refractivity contribution < 1.29 is 17.7 Å². The van der Waals surface area contributed by atoms with Crippen molar-refractivity contribution in [3.8, 4) is 0 Å². The van der Waals surface area contributed by atoms with E-state index in [1.165, 1.54) is 25.2 Å². The Morgan fingerprint density at radius 3 is 2.56 bits per heavy atom. The standard InChI is InChI=1S/C10H13FN2O4S/c1-12(8-4-7-11)18(16,17)10-6-3-2-5-9(10)13(14)15/h2-3,5-6H,4,7-8H2,1H3. The Hall–Kier alpha value is -1.54. The fourth-order valence-electron chi connectivity index (χ4n) is 1.40. The summed E-state index contributed by atoms with van der Waals surface area (Å²) in [6.07, 6.45) is 0.0519. The van der Waals surface area contributed by atoms with Gasteiger partial charge in [0.2, 0.25) is 10.0 Å². The van der Waals surface area contributed by atoms with Crippen molar-refractivity contribution in [2.45, 2.75) is 11.3 Å². The van der Waals surface area contributed by atoms with Crippen LogP contribution < -0.4 is 0 Å². The number of alkyl halides is 1.